The summed E-state index contributed by atoms with van der Waals surface area (Å²) < 4.78 is 13.4. The molecule has 0 bridgehead atoms. The monoisotopic (exact) mass is 279 g/mol. The first-order valence-electron chi connectivity index (χ1n) is 7.62. The lowest BCUT2D eigenvalue weighted by atomic mass is 9.82. The van der Waals surface area contributed by atoms with Gasteiger partial charge in [0, 0.05) is 25.2 Å². The molecule has 2 rings (SSSR count). The molecule has 2 heterocycles. The second-order valence-electron chi connectivity index (χ2n) is 6.46. The molecule has 0 radical (unpaired) electrons. The maximum Gasteiger partial charge on any atom is 0.141 e. The van der Waals surface area contributed by atoms with Crippen molar-refractivity contribution in [2.45, 2.75) is 46.6 Å². The molecular formula is C16H26FN3. The Bertz CT molecular complexity index is 435. The molecule has 1 aromatic rings. The Morgan fingerprint density at radius 2 is 2.05 bits per heavy atom. The Hall–Kier alpha value is -1.16. The van der Waals surface area contributed by atoms with Crippen molar-refractivity contribution >= 4 is 5.82 Å². The summed E-state index contributed by atoms with van der Waals surface area (Å²) >= 11 is 0. The molecule has 0 amide bonds. The standard InChI is InChI=1S/C16H26FN3/c1-4-7-18-11-13-10-14(17)12-19-15(13)20-8-5-16(2,3)6-9-20/h10,12,18H,4-9,11H2,1-3H3. The molecule has 1 aromatic heterocycles. The second kappa shape index (κ2) is 6.53. The third-order valence-corrected chi connectivity index (χ3v) is 4.07. The molecule has 0 spiro atoms. The lowest BCUT2D eigenvalue weighted by molar-refractivity contribution is 0.279. The van der Waals surface area contributed by atoms with Gasteiger partial charge in [-0.25, -0.2) is 9.37 Å². The molecule has 1 aliphatic heterocycles. The second-order valence-corrected chi connectivity index (χ2v) is 6.46. The summed E-state index contributed by atoms with van der Waals surface area (Å²) in [5.41, 5.74) is 1.38. The van der Waals surface area contributed by atoms with Crippen molar-refractivity contribution in [2.24, 2.45) is 5.41 Å². The Morgan fingerprint density at radius 1 is 1.35 bits per heavy atom. The minimum atomic E-state index is -0.251. The number of piperidine rings is 1. The predicted octanol–water partition coefficient (Wildman–Crippen LogP) is 3.35. The highest BCUT2D eigenvalue weighted by Crippen LogP contribution is 2.32. The zero-order valence-corrected chi connectivity index (χ0v) is 12.9. The van der Waals surface area contributed by atoms with Crippen molar-refractivity contribution in [3.8, 4) is 0 Å². The van der Waals surface area contributed by atoms with Gasteiger partial charge in [-0.3, -0.25) is 0 Å². The minimum Gasteiger partial charge on any atom is -0.356 e. The molecule has 0 saturated carbocycles. The fourth-order valence-corrected chi connectivity index (χ4v) is 2.61. The number of anilines is 1. The van der Waals surface area contributed by atoms with Crippen LogP contribution in [0.15, 0.2) is 12.3 Å². The van der Waals surface area contributed by atoms with Gasteiger partial charge < -0.3 is 10.2 Å². The van der Waals surface area contributed by atoms with Crippen LogP contribution in [-0.2, 0) is 6.54 Å². The van der Waals surface area contributed by atoms with Gasteiger partial charge in [0.1, 0.15) is 11.6 Å². The van der Waals surface area contributed by atoms with Gasteiger partial charge in [-0.15, -0.1) is 0 Å². The molecule has 0 atom stereocenters. The lowest BCUT2D eigenvalue weighted by Gasteiger charge is -2.38. The Kier molecular flexibility index (Phi) is 4.97. The molecule has 4 heteroatoms. The van der Waals surface area contributed by atoms with E-state index in [4.69, 9.17) is 0 Å². The Morgan fingerprint density at radius 3 is 2.70 bits per heavy atom. The summed E-state index contributed by atoms with van der Waals surface area (Å²) in [5.74, 6) is 0.699. The van der Waals surface area contributed by atoms with Crippen LogP contribution in [0.5, 0.6) is 0 Å². The van der Waals surface area contributed by atoms with Crippen LogP contribution in [0.2, 0.25) is 0 Å². The van der Waals surface area contributed by atoms with Crippen LogP contribution >= 0.6 is 0 Å². The number of pyridine rings is 1. The summed E-state index contributed by atoms with van der Waals surface area (Å²) in [7, 11) is 0. The van der Waals surface area contributed by atoms with Crippen molar-refractivity contribution in [1.82, 2.24) is 10.3 Å². The zero-order valence-electron chi connectivity index (χ0n) is 12.9. The maximum atomic E-state index is 13.4. The minimum absolute atomic E-state index is 0.251. The highest BCUT2D eigenvalue weighted by atomic mass is 19.1. The molecule has 0 aromatic carbocycles. The molecule has 0 unspecified atom stereocenters. The maximum absolute atomic E-state index is 13.4. The first kappa shape index (κ1) is 15.2. The van der Waals surface area contributed by atoms with Crippen LogP contribution in [0.25, 0.3) is 0 Å². The molecule has 20 heavy (non-hydrogen) atoms. The zero-order chi connectivity index (χ0) is 14.6. The van der Waals surface area contributed by atoms with E-state index in [1.807, 2.05) is 0 Å². The average molecular weight is 279 g/mol. The van der Waals surface area contributed by atoms with E-state index in [0.29, 0.717) is 12.0 Å². The van der Waals surface area contributed by atoms with Crippen LogP contribution in [0.3, 0.4) is 0 Å². The van der Waals surface area contributed by atoms with Crippen molar-refractivity contribution < 1.29 is 4.39 Å². The smallest absolute Gasteiger partial charge is 0.141 e. The third-order valence-electron chi connectivity index (χ3n) is 4.07. The van der Waals surface area contributed by atoms with E-state index in [1.165, 1.54) is 6.20 Å². The van der Waals surface area contributed by atoms with Crippen molar-refractivity contribution in [3.05, 3.63) is 23.6 Å². The number of nitrogens with zero attached hydrogens (tertiary/aromatic N) is 2. The molecule has 0 aliphatic carbocycles. The van der Waals surface area contributed by atoms with E-state index < -0.39 is 0 Å². The molecule has 1 N–H and O–H groups in total. The summed E-state index contributed by atoms with van der Waals surface area (Å²) in [6.07, 6.45) is 4.73. The molecule has 112 valence electrons. The van der Waals surface area contributed by atoms with Crippen LogP contribution < -0.4 is 10.2 Å². The van der Waals surface area contributed by atoms with E-state index in [9.17, 15) is 4.39 Å². The van der Waals surface area contributed by atoms with Crippen molar-refractivity contribution in [2.75, 3.05) is 24.5 Å². The van der Waals surface area contributed by atoms with Crippen LogP contribution in [-0.4, -0.2) is 24.6 Å². The van der Waals surface area contributed by atoms with Gasteiger partial charge in [-0.05, 0) is 37.3 Å². The van der Waals surface area contributed by atoms with Gasteiger partial charge in [0.15, 0.2) is 0 Å². The van der Waals surface area contributed by atoms with Crippen molar-refractivity contribution in [3.63, 3.8) is 0 Å². The number of nitrogens with one attached hydrogen (secondary N) is 1. The van der Waals surface area contributed by atoms with Gasteiger partial charge in [0.05, 0.1) is 6.20 Å². The molecular weight excluding hydrogens is 253 g/mol. The molecule has 3 nitrogen and oxygen atoms in total. The largest absolute Gasteiger partial charge is 0.356 e. The first-order valence-corrected chi connectivity index (χ1v) is 7.62. The SMILES string of the molecule is CCCNCc1cc(F)cnc1N1CCC(C)(C)CC1. The summed E-state index contributed by atoms with van der Waals surface area (Å²) in [4.78, 5) is 6.64. The van der Waals surface area contributed by atoms with Crippen LogP contribution in [0, 0.1) is 11.2 Å². The normalized spacial score (nSPS) is 18.3. The number of halogens is 1. The van der Waals surface area contributed by atoms with Crippen molar-refractivity contribution in [1.29, 1.82) is 0 Å². The summed E-state index contributed by atoms with van der Waals surface area (Å²) in [6.45, 7) is 10.4. The average Bonchev–Trinajstić information content (AvgIpc) is 2.40. The fraction of sp³-hybridized carbons (Fsp3) is 0.688. The summed E-state index contributed by atoms with van der Waals surface area (Å²) in [6, 6.07) is 1.62. The predicted molar refractivity (Wildman–Crippen MR) is 81.4 cm³/mol. The highest BCUT2D eigenvalue weighted by molar-refractivity contribution is 5.47. The molecule has 1 saturated heterocycles. The number of hydrogen-bond donors (Lipinski definition) is 1. The Balaban J connectivity index is 2.10. The van der Waals surface area contributed by atoms with Gasteiger partial charge >= 0.3 is 0 Å². The van der Waals surface area contributed by atoms with Crippen LogP contribution in [0.4, 0.5) is 10.2 Å². The van der Waals surface area contributed by atoms with Gasteiger partial charge in [-0.1, -0.05) is 20.8 Å². The van der Waals surface area contributed by atoms with Gasteiger partial charge in [0.2, 0.25) is 0 Å². The van der Waals surface area contributed by atoms with E-state index in [0.717, 1.165) is 50.3 Å². The van der Waals surface area contributed by atoms with Gasteiger partial charge in [-0.2, -0.15) is 0 Å². The molecule has 1 aliphatic rings. The van der Waals surface area contributed by atoms with Gasteiger partial charge in [0.25, 0.3) is 0 Å². The van der Waals surface area contributed by atoms with E-state index in [2.05, 4.69) is 36.0 Å². The molecule has 1 fully saturated rings. The third kappa shape index (κ3) is 3.92. The Labute approximate surface area is 121 Å². The topological polar surface area (TPSA) is 28.2 Å². The lowest BCUT2D eigenvalue weighted by Crippen LogP contribution is -2.38. The fourth-order valence-electron chi connectivity index (χ4n) is 2.61. The number of rotatable bonds is 5. The summed E-state index contributed by atoms with van der Waals surface area (Å²) in [5, 5.41) is 3.34. The van der Waals surface area contributed by atoms with E-state index >= 15 is 0 Å². The first-order chi connectivity index (χ1) is 9.52. The van der Waals surface area contributed by atoms with Crippen LogP contribution in [0.1, 0.15) is 45.6 Å². The number of hydrogen-bond acceptors (Lipinski definition) is 3. The quantitative estimate of drug-likeness (QED) is 0.838. The highest BCUT2D eigenvalue weighted by Gasteiger charge is 2.27. The van der Waals surface area contributed by atoms with E-state index in [-0.39, 0.29) is 5.82 Å². The van der Waals surface area contributed by atoms with E-state index in [1.54, 1.807) is 6.07 Å². The number of aromatic nitrogens is 1.